The van der Waals surface area contributed by atoms with E-state index < -0.39 is 59.6 Å². The highest BCUT2D eigenvalue weighted by atomic mass is 35.5. The average molecular weight is 812 g/mol. The summed E-state index contributed by atoms with van der Waals surface area (Å²) in [4.78, 5) is 61.7. The maximum Gasteiger partial charge on any atom is 0.253 e. The van der Waals surface area contributed by atoms with Crippen molar-refractivity contribution in [3.63, 3.8) is 0 Å². The van der Waals surface area contributed by atoms with Crippen molar-refractivity contribution in [1.82, 2.24) is 10.0 Å². The van der Waals surface area contributed by atoms with Crippen LogP contribution < -0.4 is 28.7 Å². The van der Waals surface area contributed by atoms with E-state index in [9.17, 15) is 19.2 Å². The molecule has 12 nitrogen and oxygen atoms in total. The van der Waals surface area contributed by atoms with Gasteiger partial charge in [-0.05, 0) is 60.7 Å². The fourth-order valence-electron chi connectivity index (χ4n) is 8.33. The predicted molar refractivity (Wildman–Crippen MR) is 201 cm³/mol. The number of hydrogen-bond donors (Lipinski definition) is 0. The van der Waals surface area contributed by atoms with Crippen LogP contribution in [0.25, 0.3) is 0 Å². The van der Waals surface area contributed by atoms with E-state index in [0.29, 0.717) is 34.1 Å². The molecule has 4 heterocycles. The van der Waals surface area contributed by atoms with Crippen LogP contribution in [0.4, 0.5) is 11.4 Å². The van der Waals surface area contributed by atoms with Gasteiger partial charge < -0.3 is 18.9 Å². The number of nitrogens with zero attached hydrogens (tertiary/aromatic N) is 4. The normalized spacial score (nSPS) is 25.0. The van der Waals surface area contributed by atoms with Crippen LogP contribution in [0.5, 0.6) is 23.0 Å². The van der Waals surface area contributed by atoms with E-state index in [1.54, 1.807) is 46.4 Å². The molecule has 54 heavy (non-hydrogen) atoms. The van der Waals surface area contributed by atoms with Crippen molar-refractivity contribution in [2.24, 2.45) is 11.8 Å². The summed E-state index contributed by atoms with van der Waals surface area (Å²) in [7, 11) is 5.96. The number of methoxy groups -OCH3 is 4. The van der Waals surface area contributed by atoms with Crippen molar-refractivity contribution in [1.29, 1.82) is 0 Å². The second-order valence-electron chi connectivity index (χ2n) is 13.0. The molecule has 4 aromatic carbocycles. The van der Waals surface area contributed by atoms with Crippen molar-refractivity contribution in [2.45, 2.75) is 24.2 Å². The van der Waals surface area contributed by atoms with Gasteiger partial charge in [0, 0.05) is 23.3 Å². The maximum atomic E-state index is 14.9. The zero-order valence-corrected chi connectivity index (χ0v) is 32.0. The Morgan fingerprint density at radius 3 is 1.17 bits per heavy atom. The zero-order valence-electron chi connectivity index (χ0n) is 29.0. The summed E-state index contributed by atoms with van der Waals surface area (Å²) < 4.78 is 22.7. The van der Waals surface area contributed by atoms with Crippen LogP contribution >= 0.6 is 46.4 Å². The molecule has 278 valence electrons. The van der Waals surface area contributed by atoms with Crippen LogP contribution in [0.1, 0.15) is 23.2 Å². The molecule has 0 saturated carbocycles. The van der Waals surface area contributed by atoms with Crippen molar-refractivity contribution in [3.05, 3.63) is 104 Å². The first-order valence-electron chi connectivity index (χ1n) is 16.6. The number of halogens is 4. The number of imide groups is 2. The standard InChI is InChI=1S/C38H30Cl4N4O8/c1-51-19-7-9-21(27(15-19)53-3)31-29-33(37(49)43(35(29)47)17-5-11-23(39)25(41)13-17)46-32(22-10-8-20(52-2)16-28(22)54-4)30-34(45(31)46)38(50)44(36(30)48)18-6-12-24(40)26(42)14-18/h5-16,29-34H,1-4H3/t29-,30-,31+,32+,33-,34+/m1/s1. The van der Waals surface area contributed by atoms with Gasteiger partial charge in [-0.1, -0.05) is 46.4 Å². The van der Waals surface area contributed by atoms with Crippen molar-refractivity contribution in [3.8, 4) is 23.0 Å². The lowest BCUT2D eigenvalue weighted by atomic mass is 9.83. The van der Waals surface area contributed by atoms with Crippen LogP contribution in [0.2, 0.25) is 20.1 Å². The number of benzene rings is 4. The van der Waals surface area contributed by atoms with Gasteiger partial charge in [-0.2, -0.15) is 0 Å². The first-order chi connectivity index (χ1) is 25.9. The Bertz CT molecular complexity index is 2120. The molecule has 4 amide bonds. The van der Waals surface area contributed by atoms with Gasteiger partial charge in [-0.15, -0.1) is 0 Å². The van der Waals surface area contributed by atoms with Crippen molar-refractivity contribution < 1.29 is 38.1 Å². The van der Waals surface area contributed by atoms with Crippen LogP contribution in [0, 0.1) is 11.8 Å². The number of carbonyl (C=O) groups is 4. The van der Waals surface area contributed by atoms with Gasteiger partial charge >= 0.3 is 0 Å². The molecule has 0 bridgehead atoms. The molecule has 0 N–H and O–H groups in total. The molecular formula is C38H30Cl4N4O8. The van der Waals surface area contributed by atoms with Gasteiger partial charge in [0.15, 0.2) is 0 Å². The van der Waals surface area contributed by atoms with E-state index in [2.05, 4.69) is 0 Å². The fourth-order valence-corrected chi connectivity index (χ4v) is 8.92. The van der Waals surface area contributed by atoms with Crippen LogP contribution in [0.3, 0.4) is 0 Å². The lowest BCUT2D eigenvalue weighted by Crippen LogP contribution is -2.50. The number of ether oxygens (including phenoxy) is 4. The molecule has 4 aliphatic rings. The second kappa shape index (κ2) is 13.6. The largest absolute Gasteiger partial charge is 0.497 e. The number of rotatable bonds is 8. The minimum atomic E-state index is -1.19. The van der Waals surface area contributed by atoms with Crippen molar-refractivity contribution in [2.75, 3.05) is 38.2 Å². The molecule has 8 rings (SSSR count). The van der Waals surface area contributed by atoms with Crippen LogP contribution in [0.15, 0.2) is 72.8 Å². The molecule has 0 unspecified atom stereocenters. The minimum absolute atomic E-state index is 0.150. The third-order valence-electron chi connectivity index (χ3n) is 10.6. The quantitative estimate of drug-likeness (QED) is 0.176. The van der Waals surface area contributed by atoms with E-state index in [1.165, 1.54) is 64.8 Å². The molecule has 6 atom stereocenters. The third kappa shape index (κ3) is 5.26. The monoisotopic (exact) mass is 810 g/mol. The number of amides is 4. The molecular weight excluding hydrogens is 782 g/mol. The van der Waals surface area contributed by atoms with Gasteiger partial charge in [0.05, 0.1) is 83.8 Å². The second-order valence-corrected chi connectivity index (χ2v) is 14.7. The Morgan fingerprint density at radius 1 is 0.444 bits per heavy atom. The topological polar surface area (TPSA) is 118 Å². The highest BCUT2D eigenvalue weighted by molar-refractivity contribution is 6.43. The molecule has 0 radical (unpaired) electrons. The number of hydrazine groups is 1. The van der Waals surface area contributed by atoms with E-state index in [4.69, 9.17) is 65.4 Å². The van der Waals surface area contributed by atoms with E-state index >= 15 is 0 Å². The Kier molecular flexibility index (Phi) is 9.19. The molecule has 4 saturated heterocycles. The number of carbonyl (C=O) groups excluding carboxylic acids is 4. The summed E-state index contributed by atoms with van der Waals surface area (Å²) in [5.41, 5.74) is 1.41. The molecule has 4 aromatic rings. The van der Waals surface area contributed by atoms with Crippen LogP contribution in [-0.2, 0) is 19.2 Å². The predicted octanol–water partition coefficient (Wildman–Crippen LogP) is 6.78. The summed E-state index contributed by atoms with van der Waals surface area (Å²) in [5, 5.41) is 4.20. The molecule has 4 fully saturated rings. The molecule has 0 aromatic heterocycles. The minimum Gasteiger partial charge on any atom is -0.497 e. The Balaban J connectivity index is 1.38. The highest BCUT2D eigenvalue weighted by Gasteiger charge is 2.74. The maximum absolute atomic E-state index is 14.9. The zero-order chi connectivity index (χ0) is 38.3. The summed E-state index contributed by atoms with van der Waals surface area (Å²) in [6, 6.07) is 14.8. The number of anilines is 2. The first kappa shape index (κ1) is 36.4. The SMILES string of the molecule is COc1ccc([C@H]2[C@H]3C(=O)N(c4ccc(Cl)c(Cl)c4)C(=O)[C@@H]3N3[C@@H](c4ccc(OC)cc4OC)[C@H]4C(=O)N(c5ccc(Cl)c(Cl)c5)C(=O)[C@H]4N23)c(OC)c1. The Hall–Kier alpha value is -4.56. The fraction of sp³-hybridized carbons (Fsp3) is 0.263. The molecule has 0 aliphatic carbocycles. The average Bonchev–Trinajstić information content (AvgIpc) is 3.84. The van der Waals surface area contributed by atoms with Gasteiger partial charge in [-0.3, -0.25) is 19.2 Å². The lowest BCUT2D eigenvalue weighted by molar-refractivity contribution is -0.136. The Morgan fingerprint density at radius 2 is 0.833 bits per heavy atom. The summed E-state index contributed by atoms with van der Waals surface area (Å²) in [6.45, 7) is 0. The number of fused-ring (bicyclic) bond motifs is 5. The van der Waals surface area contributed by atoms with E-state index in [1.807, 2.05) is 0 Å². The molecule has 4 aliphatic heterocycles. The van der Waals surface area contributed by atoms with Gasteiger partial charge in [-0.25, -0.2) is 19.8 Å². The van der Waals surface area contributed by atoms with E-state index in [-0.39, 0.29) is 31.5 Å². The van der Waals surface area contributed by atoms with Gasteiger partial charge in [0.2, 0.25) is 11.8 Å². The van der Waals surface area contributed by atoms with Crippen LogP contribution in [-0.4, -0.2) is 74.2 Å². The summed E-state index contributed by atoms with van der Waals surface area (Å²) in [6.07, 6.45) is 0. The summed E-state index contributed by atoms with van der Waals surface area (Å²) in [5.74, 6) is -2.80. The lowest BCUT2D eigenvalue weighted by Gasteiger charge is -2.36. The third-order valence-corrected chi connectivity index (χ3v) is 12.0. The Labute approximate surface area is 329 Å². The van der Waals surface area contributed by atoms with Gasteiger partial charge in [0.25, 0.3) is 11.8 Å². The number of hydrogen-bond acceptors (Lipinski definition) is 10. The van der Waals surface area contributed by atoms with E-state index in [0.717, 1.165) is 9.80 Å². The first-order valence-corrected chi connectivity index (χ1v) is 18.1. The molecule has 16 heteroatoms. The highest BCUT2D eigenvalue weighted by Crippen LogP contribution is 2.61. The van der Waals surface area contributed by atoms with Gasteiger partial charge in [0.1, 0.15) is 35.1 Å². The van der Waals surface area contributed by atoms with Crippen molar-refractivity contribution >= 4 is 81.4 Å². The smallest absolute Gasteiger partial charge is 0.253 e. The summed E-state index contributed by atoms with van der Waals surface area (Å²) >= 11 is 25.2. The molecule has 0 spiro atoms.